The average Bonchev–Trinajstić information content (AvgIpc) is 2.89. The second-order valence-corrected chi connectivity index (χ2v) is 7.33. The molecule has 20 heavy (non-hydrogen) atoms. The van der Waals surface area contributed by atoms with Crippen LogP contribution in [0.5, 0.6) is 0 Å². The third-order valence-corrected chi connectivity index (χ3v) is 6.10. The summed E-state index contributed by atoms with van der Waals surface area (Å²) >= 11 is 0. The SMILES string of the molecule is CCC1CCC2/C(=C/C=C3/CCCC(N)C3)CCCC12. The van der Waals surface area contributed by atoms with Crippen LogP contribution in [0.4, 0.5) is 0 Å². The summed E-state index contributed by atoms with van der Waals surface area (Å²) in [5.74, 6) is 2.94. The lowest BCUT2D eigenvalue weighted by Gasteiger charge is -2.31. The molecule has 0 heterocycles. The molecule has 4 atom stereocenters. The highest BCUT2D eigenvalue weighted by Crippen LogP contribution is 2.49. The number of nitrogens with two attached hydrogens (primary N) is 1. The van der Waals surface area contributed by atoms with Gasteiger partial charge in [-0.2, -0.15) is 0 Å². The maximum atomic E-state index is 6.09. The van der Waals surface area contributed by atoms with E-state index in [0.717, 1.165) is 24.2 Å². The minimum Gasteiger partial charge on any atom is -0.327 e. The van der Waals surface area contributed by atoms with Gasteiger partial charge in [0.1, 0.15) is 0 Å². The number of allylic oxidation sites excluding steroid dienone is 3. The van der Waals surface area contributed by atoms with E-state index in [1.807, 2.05) is 0 Å². The predicted molar refractivity (Wildman–Crippen MR) is 86.5 cm³/mol. The van der Waals surface area contributed by atoms with Crippen LogP contribution >= 0.6 is 0 Å². The molecule has 3 aliphatic rings. The highest BCUT2D eigenvalue weighted by molar-refractivity contribution is 5.24. The van der Waals surface area contributed by atoms with Crippen LogP contribution in [0.3, 0.4) is 0 Å². The van der Waals surface area contributed by atoms with E-state index in [2.05, 4.69) is 19.1 Å². The van der Waals surface area contributed by atoms with Crippen molar-refractivity contribution in [1.29, 1.82) is 0 Å². The Bertz CT molecular complexity index is 393. The zero-order valence-corrected chi connectivity index (χ0v) is 13.1. The van der Waals surface area contributed by atoms with Crippen LogP contribution in [0.25, 0.3) is 0 Å². The molecule has 3 rings (SSSR count). The molecule has 0 amide bonds. The van der Waals surface area contributed by atoms with Gasteiger partial charge in [0, 0.05) is 6.04 Å². The van der Waals surface area contributed by atoms with E-state index < -0.39 is 0 Å². The van der Waals surface area contributed by atoms with E-state index >= 15 is 0 Å². The molecule has 0 aliphatic heterocycles. The molecule has 0 radical (unpaired) electrons. The summed E-state index contributed by atoms with van der Waals surface area (Å²) < 4.78 is 0. The van der Waals surface area contributed by atoms with Gasteiger partial charge < -0.3 is 5.73 Å². The average molecular weight is 273 g/mol. The van der Waals surface area contributed by atoms with Crippen molar-refractivity contribution in [3.8, 4) is 0 Å². The molecular formula is C19H31N. The summed E-state index contributed by atoms with van der Waals surface area (Å²) in [5, 5.41) is 0. The lowest BCUT2D eigenvalue weighted by Crippen LogP contribution is -2.23. The maximum Gasteiger partial charge on any atom is 0.00763 e. The summed E-state index contributed by atoms with van der Waals surface area (Å²) in [5.41, 5.74) is 9.46. The fourth-order valence-corrected chi connectivity index (χ4v) is 5.00. The third kappa shape index (κ3) is 3.03. The van der Waals surface area contributed by atoms with E-state index in [4.69, 9.17) is 5.73 Å². The van der Waals surface area contributed by atoms with E-state index in [-0.39, 0.29) is 0 Å². The van der Waals surface area contributed by atoms with E-state index in [0.29, 0.717) is 6.04 Å². The Kier molecular flexibility index (Phi) is 4.65. The Morgan fingerprint density at radius 1 is 1.05 bits per heavy atom. The van der Waals surface area contributed by atoms with Gasteiger partial charge in [0.25, 0.3) is 0 Å². The van der Waals surface area contributed by atoms with Gasteiger partial charge in [0.05, 0.1) is 0 Å². The van der Waals surface area contributed by atoms with Gasteiger partial charge >= 0.3 is 0 Å². The Hall–Kier alpha value is -0.560. The van der Waals surface area contributed by atoms with Crippen LogP contribution in [0.15, 0.2) is 23.3 Å². The molecule has 0 spiro atoms. The van der Waals surface area contributed by atoms with Gasteiger partial charge in [-0.05, 0) is 75.5 Å². The van der Waals surface area contributed by atoms with Crippen LogP contribution in [-0.4, -0.2) is 6.04 Å². The van der Waals surface area contributed by atoms with Crippen molar-refractivity contribution >= 4 is 0 Å². The highest BCUT2D eigenvalue weighted by atomic mass is 14.6. The molecule has 1 heteroatoms. The molecule has 4 unspecified atom stereocenters. The molecule has 3 saturated carbocycles. The van der Waals surface area contributed by atoms with Gasteiger partial charge in [0.15, 0.2) is 0 Å². The first-order valence-corrected chi connectivity index (χ1v) is 8.92. The van der Waals surface area contributed by atoms with Crippen molar-refractivity contribution in [2.24, 2.45) is 23.5 Å². The largest absolute Gasteiger partial charge is 0.327 e. The summed E-state index contributed by atoms with van der Waals surface area (Å²) in [6, 6.07) is 0.420. The lowest BCUT2D eigenvalue weighted by atomic mass is 9.74. The van der Waals surface area contributed by atoms with Crippen LogP contribution in [0.1, 0.15) is 71.1 Å². The predicted octanol–water partition coefficient (Wildman–Crippen LogP) is 4.98. The topological polar surface area (TPSA) is 26.0 Å². The van der Waals surface area contributed by atoms with Crippen LogP contribution in [0.2, 0.25) is 0 Å². The molecule has 3 aliphatic carbocycles. The number of rotatable bonds is 2. The molecule has 2 N–H and O–H groups in total. The molecule has 112 valence electrons. The smallest absolute Gasteiger partial charge is 0.00763 e. The zero-order chi connectivity index (χ0) is 13.9. The lowest BCUT2D eigenvalue weighted by molar-refractivity contribution is 0.273. The van der Waals surface area contributed by atoms with Crippen molar-refractivity contribution in [1.82, 2.24) is 0 Å². The Labute approximate surface area is 124 Å². The summed E-state index contributed by atoms with van der Waals surface area (Å²) in [6.45, 7) is 2.39. The van der Waals surface area contributed by atoms with Crippen LogP contribution < -0.4 is 5.73 Å². The molecule has 0 aromatic carbocycles. The first-order valence-electron chi connectivity index (χ1n) is 8.92. The number of fused-ring (bicyclic) bond motifs is 1. The number of hydrogen-bond donors (Lipinski definition) is 1. The van der Waals surface area contributed by atoms with E-state index in [1.165, 1.54) is 57.8 Å². The highest BCUT2D eigenvalue weighted by Gasteiger charge is 2.38. The van der Waals surface area contributed by atoms with Crippen molar-refractivity contribution in [2.45, 2.75) is 77.2 Å². The first-order chi connectivity index (χ1) is 9.78. The van der Waals surface area contributed by atoms with Crippen molar-refractivity contribution in [3.05, 3.63) is 23.3 Å². The maximum absolute atomic E-state index is 6.09. The van der Waals surface area contributed by atoms with Gasteiger partial charge in [-0.3, -0.25) is 0 Å². The Morgan fingerprint density at radius 3 is 2.70 bits per heavy atom. The monoisotopic (exact) mass is 273 g/mol. The van der Waals surface area contributed by atoms with Gasteiger partial charge in [-0.15, -0.1) is 0 Å². The third-order valence-electron chi connectivity index (χ3n) is 6.10. The van der Waals surface area contributed by atoms with Crippen molar-refractivity contribution in [2.75, 3.05) is 0 Å². The van der Waals surface area contributed by atoms with Gasteiger partial charge in [-0.25, -0.2) is 0 Å². The van der Waals surface area contributed by atoms with Crippen molar-refractivity contribution < 1.29 is 0 Å². The van der Waals surface area contributed by atoms with Crippen LogP contribution in [0, 0.1) is 17.8 Å². The minimum absolute atomic E-state index is 0.420. The standard InChI is InChI=1S/C19H31N/c1-2-15-11-12-19-16(6-4-8-18(15)19)10-9-14-5-3-7-17(20)13-14/h9-10,15,17-19H,2-8,11-13,20H2,1H3/b14-9-,16-10+. The second kappa shape index (κ2) is 6.47. The van der Waals surface area contributed by atoms with Crippen molar-refractivity contribution in [3.63, 3.8) is 0 Å². The van der Waals surface area contributed by atoms with Gasteiger partial charge in [0.2, 0.25) is 0 Å². The summed E-state index contributed by atoms with van der Waals surface area (Å²) in [6.07, 6.45) is 18.5. The summed E-state index contributed by atoms with van der Waals surface area (Å²) in [4.78, 5) is 0. The second-order valence-electron chi connectivity index (χ2n) is 7.33. The molecule has 0 bridgehead atoms. The molecular weight excluding hydrogens is 242 g/mol. The molecule has 1 nitrogen and oxygen atoms in total. The van der Waals surface area contributed by atoms with E-state index in [9.17, 15) is 0 Å². The first kappa shape index (κ1) is 14.4. The molecule has 0 saturated heterocycles. The Balaban J connectivity index is 1.69. The molecule has 0 aromatic heterocycles. The minimum atomic E-state index is 0.420. The molecule has 0 aromatic rings. The summed E-state index contributed by atoms with van der Waals surface area (Å²) in [7, 11) is 0. The van der Waals surface area contributed by atoms with E-state index in [1.54, 1.807) is 11.1 Å². The normalized spacial score (nSPS) is 42.1. The quantitative estimate of drug-likeness (QED) is 0.754. The Morgan fingerprint density at radius 2 is 1.90 bits per heavy atom. The number of hydrogen-bond acceptors (Lipinski definition) is 1. The van der Waals surface area contributed by atoms with Crippen LogP contribution in [-0.2, 0) is 0 Å². The fourth-order valence-electron chi connectivity index (χ4n) is 5.00. The van der Waals surface area contributed by atoms with Gasteiger partial charge in [-0.1, -0.05) is 36.6 Å². The fraction of sp³-hybridized carbons (Fsp3) is 0.789. The molecule has 3 fully saturated rings. The zero-order valence-electron chi connectivity index (χ0n) is 13.1.